The summed E-state index contributed by atoms with van der Waals surface area (Å²) in [5, 5.41) is 0. The molecule has 0 aromatic heterocycles. The number of fused-ring (bicyclic) bond motifs is 1. The minimum atomic E-state index is -3.75. The SMILES string of the molecule is CC(C)N1C(=O)c2ccccc2NS1(=O)=O.[Na+]. The summed E-state index contributed by atoms with van der Waals surface area (Å²) in [5.74, 6) is -0.482. The van der Waals surface area contributed by atoms with Crippen molar-refractivity contribution in [2.45, 2.75) is 19.9 Å². The monoisotopic (exact) mass is 263 g/mol. The Bertz CT molecular complexity index is 542. The molecule has 0 unspecified atom stereocenters. The average Bonchev–Trinajstić information content (AvgIpc) is 2.15. The number of benzene rings is 1. The van der Waals surface area contributed by atoms with E-state index < -0.39 is 22.2 Å². The van der Waals surface area contributed by atoms with E-state index in [1.165, 1.54) is 0 Å². The van der Waals surface area contributed by atoms with Crippen molar-refractivity contribution in [2.75, 3.05) is 4.72 Å². The van der Waals surface area contributed by atoms with E-state index >= 15 is 0 Å². The van der Waals surface area contributed by atoms with E-state index in [4.69, 9.17) is 0 Å². The molecule has 0 saturated carbocycles. The molecule has 0 aliphatic carbocycles. The first kappa shape index (κ1) is 14.5. The third kappa shape index (κ3) is 2.49. The van der Waals surface area contributed by atoms with E-state index in [0.29, 0.717) is 11.3 Å². The Morgan fingerprint density at radius 2 is 1.82 bits per heavy atom. The number of hydrogen-bond acceptors (Lipinski definition) is 3. The Morgan fingerprint density at radius 3 is 2.41 bits per heavy atom. The van der Waals surface area contributed by atoms with Crippen molar-refractivity contribution in [1.82, 2.24) is 4.31 Å². The maximum absolute atomic E-state index is 12.0. The number of anilines is 1. The van der Waals surface area contributed by atoms with Gasteiger partial charge in [0.05, 0.1) is 11.3 Å². The molecule has 17 heavy (non-hydrogen) atoms. The molecule has 0 saturated heterocycles. The van der Waals surface area contributed by atoms with E-state index in [0.717, 1.165) is 4.31 Å². The molecule has 0 fully saturated rings. The van der Waals surface area contributed by atoms with Crippen LogP contribution in [0.15, 0.2) is 24.3 Å². The summed E-state index contributed by atoms with van der Waals surface area (Å²) >= 11 is 0. The first-order valence-electron chi connectivity index (χ1n) is 4.89. The molecule has 0 atom stereocenters. The van der Waals surface area contributed by atoms with Gasteiger partial charge in [0, 0.05) is 6.04 Å². The van der Waals surface area contributed by atoms with Gasteiger partial charge >= 0.3 is 39.8 Å². The molecule has 2 rings (SSSR count). The van der Waals surface area contributed by atoms with Crippen molar-refractivity contribution >= 4 is 21.8 Å². The van der Waals surface area contributed by atoms with Gasteiger partial charge in [-0.1, -0.05) is 12.1 Å². The van der Waals surface area contributed by atoms with Crippen LogP contribution in [0.5, 0.6) is 0 Å². The summed E-state index contributed by atoms with van der Waals surface area (Å²) in [6.07, 6.45) is 0. The molecule has 0 spiro atoms. The zero-order chi connectivity index (χ0) is 11.9. The van der Waals surface area contributed by atoms with E-state index in [2.05, 4.69) is 4.72 Å². The van der Waals surface area contributed by atoms with Gasteiger partial charge in [-0.25, -0.2) is 4.31 Å². The molecule has 0 radical (unpaired) electrons. The van der Waals surface area contributed by atoms with Crippen LogP contribution in [0.1, 0.15) is 24.2 Å². The Kier molecular flexibility index (Phi) is 4.24. The number of nitrogens with one attached hydrogen (secondary N) is 1. The molecule has 1 N–H and O–H groups in total. The normalized spacial score (nSPS) is 17.1. The van der Waals surface area contributed by atoms with E-state index in [9.17, 15) is 13.2 Å². The van der Waals surface area contributed by atoms with Crippen LogP contribution in [0.4, 0.5) is 5.69 Å². The first-order valence-corrected chi connectivity index (χ1v) is 6.33. The molecule has 7 heteroatoms. The fraction of sp³-hybridized carbons (Fsp3) is 0.300. The van der Waals surface area contributed by atoms with Crippen LogP contribution in [0, 0.1) is 0 Å². The fourth-order valence-corrected chi connectivity index (χ4v) is 3.11. The largest absolute Gasteiger partial charge is 1.00 e. The Morgan fingerprint density at radius 1 is 1.24 bits per heavy atom. The smallest absolute Gasteiger partial charge is 0.268 e. The number of hydrogen-bond donors (Lipinski definition) is 1. The van der Waals surface area contributed by atoms with Gasteiger partial charge in [-0.3, -0.25) is 9.52 Å². The quantitative estimate of drug-likeness (QED) is 0.609. The van der Waals surface area contributed by atoms with Gasteiger partial charge in [-0.05, 0) is 26.0 Å². The third-order valence-corrected chi connectivity index (χ3v) is 3.91. The van der Waals surface area contributed by atoms with Crippen LogP contribution >= 0.6 is 0 Å². The van der Waals surface area contributed by atoms with Gasteiger partial charge < -0.3 is 0 Å². The molecule has 1 aliphatic rings. The van der Waals surface area contributed by atoms with Crippen molar-refractivity contribution in [2.24, 2.45) is 0 Å². The van der Waals surface area contributed by atoms with Gasteiger partial charge in [0.1, 0.15) is 0 Å². The number of rotatable bonds is 1. The number of carbonyl (C=O) groups is 1. The number of carbonyl (C=O) groups excluding carboxylic acids is 1. The fourth-order valence-electron chi connectivity index (χ4n) is 1.69. The maximum atomic E-state index is 12.0. The van der Waals surface area contributed by atoms with E-state index in [1.807, 2.05) is 0 Å². The summed E-state index contributed by atoms with van der Waals surface area (Å²) in [4.78, 5) is 12.0. The number of nitrogens with zero attached hydrogens (tertiary/aromatic N) is 1. The van der Waals surface area contributed by atoms with E-state index in [-0.39, 0.29) is 29.6 Å². The third-order valence-electron chi connectivity index (χ3n) is 2.32. The van der Waals surface area contributed by atoms with Gasteiger partial charge in [-0.15, -0.1) is 0 Å². The van der Waals surface area contributed by atoms with Gasteiger partial charge in [0.2, 0.25) is 0 Å². The van der Waals surface area contributed by atoms with Gasteiger partial charge in [0.15, 0.2) is 0 Å². The minimum Gasteiger partial charge on any atom is -0.268 e. The first-order chi connectivity index (χ1) is 7.43. The molecular formula is C10H12N2NaO3S+. The molecule has 1 aromatic rings. The summed E-state index contributed by atoms with van der Waals surface area (Å²) in [7, 11) is -3.75. The summed E-state index contributed by atoms with van der Waals surface area (Å²) in [6.45, 7) is 3.32. The number of para-hydroxylation sites is 1. The minimum absolute atomic E-state index is 0. The summed E-state index contributed by atoms with van der Waals surface area (Å²) in [5.41, 5.74) is 0.718. The van der Waals surface area contributed by atoms with Crippen molar-refractivity contribution < 1.29 is 42.8 Å². The second-order valence-electron chi connectivity index (χ2n) is 3.85. The summed E-state index contributed by atoms with van der Waals surface area (Å²) in [6, 6.07) is 6.16. The van der Waals surface area contributed by atoms with Crippen LogP contribution in [-0.2, 0) is 10.2 Å². The summed E-state index contributed by atoms with van der Waals surface area (Å²) < 4.78 is 26.8. The van der Waals surface area contributed by atoms with Crippen LogP contribution in [-0.4, -0.2) is 24.7 Å². The van der Waals surface area contributed by atoms with Crippen LogP contribution in [0.2, 0.25) is 0 Å². The molecule has 86 valence electrons. The Balaban J connectivity index is 0.00000144. The van der Waals surface area contributed by atoms with Crippen molar-refractivity contribution in [3.05, 3.63) is 29.8 Å². The Labute approximate surface area is 123 Å². The predicted octanol–water partition coefficient (Wildman–Crippen LogP) is -1.79. The molecule has 1 heterocycles. The Hall–Kier alpha value is -0.560. The predicted molar refractivity (Wildman–Crippen MR) is 60.3 cm³/mol. The standard InChI is InChI=1S/C10H12N2O3S.Na/c1-7(2)12-10(13)8-5-3-4-6-9(8)11-16(12,14)15;/h3-7,11H,1-2H3;/q;+1. The van der Waals surface area contributed by atoms with Crippen molar-refractivity contribution in [1.29, 1.82) is 0 Å². The van der Waals surface area contributed by atoms with E-state index in [1.54, 1.807) is 38.1 Å². The van der Waals surface area contributed by atoms with Crippen molar-refractivity contribution in [3.63, 3.8) is 0 Å². The zero-order valence-electron chi connectivity index (χ0n) is 9.97. The second-order valence-corrected chi connectivity index (χ2v) is 5.40. The molecular weight excluding hydrogens is 251 g/mol. The molecule has 0 bridgehead atoms. The van der Waals surface area contributed by atoms with Crippen LogP contribution in [0.25, 0.3) is 0 Å². The molecule has 1 amide bonds. The van der Waals surface area contributed by atoms with Gasteiger partial charge in [0.25, 0.3) is 5.91 Å². The molecule has 1 aromatic carbocycles. The molecule has 1 aliphatic heterocycles. The van der Waals surface area contributed by atoms with Gasteiger partial charge in [-0.2, -0.15) is 8.42 Å². The number of amides is 1. The maximum Gasteiger partial charge on any atom is 1.00 e. The topological polar surface area (TPSA) is 66.5 Å². The van der Waals surface area contributed by atoms with Crippen LogP contribution < -0.4 is 34.3 Å². The van der Waals surface area contributed by atoms with Crippen LogP contribution in [0.3, 0.4) is 0 Å². The van der Waals surface area contributed by atoms with Crippen molar-refractivity contribution in [3.8, 4) is 0 Å². The second kappa shape index (κ2) is 4.97. The molecule has 5 nitrogen and oxygen atoms in total. The average molecular weight is 263 g/mol. The zero-order valence-corrected chi connectivity index (χ0v) is 12.8.